The number of likely N-dealkylation sites (N-methyl/N-ethyl adjacent to an activating group) is 1. The number of quaternary nitrogens is 1. The van der Waals surface area contributed by atoms with E-state index in [-0.39, 0.29) is 0 Å². The Hall–Kier alpha value is -0.0400. The van der Waals surface area contributed by atoms with Crippen molar-refractivity contribution >= 4 is 0 Å². The Morgan fingerprint density at radius 1 is 1.00 bits per heavy atom. The van der Waals surface area contributed by atoms with Crippen molar-refractivity contribution in [2.75, 3.05) is 6.54 Å². The standard InChI is InChI=1S/C12H24N/c1-6-13(10(4)11(13)5)12-8(2)7-9(12)3/h8-12H,6-7H2,1-5H3/q+1. The second-order valence-corrected chi connectivity index (χ2v) is 5.47. The smallest absolute Gasteiger partial charge is 0.139 e. The van der Waals surface area contributed by atoms with Crippen LogP contribution in [-0.2, 0) is 0 Å². The van der Waals surface area contributed by atoms with Crippen LogP contribution in [0.2, 0.25) is 0 Å². The van der Waals surface area contributed by atoms with Gasteiger partial charge in [0.15, 0.2) is 0 Å². The Balaban J connectivity index is 2.15. The first-order valence-electron chi connectivity index (χ1n) is 5.92. The van der Waals surface area contributed by atoms with Gasteiger partial charge in [-0.2, -0.15) is 0 Å². The average Bonchev–Trinajstić information content (AvgIpc) is 2.58. The van der Waals surface area contributed by atoms with Crippen LogP contribution in [-0.4, -0.2) is 29.2 Å². The van der Waals surface area contributed by atoms with E-state index in [1.165, 1.54) is 17.4 Å². The zero-order valence-electron chi connectivity index (χ0n) is 9.75. The summed E-state index contributed by atoms with van der Waals surface area (Å²) in [6.07, 6.45) is 1.46. The molecule has 1 saturated heterocycles. The van der Waals surface area contributed by atoms with Gasteiger partial charge in [0.1, 0.15) is 12.1 Å². The predicted molar refractivity (Wildman–Crippen MR) is 56.5 cm³/mol. The molecule has 1 aliphatic carbocycles. The molecule has 2 fully saturated rings. The summed E-state index contributed by atoms with van der Waals surface area (Å²) in [4.78, 5) is 0. The summed E-state index contributed by atoms with van der Waals surface area (Å²) < 4.78 is 1.43. The lowest BCUT2D eigenvalue weighted by molar-refractivity contribution is -0.866. The Kier molecular flexibility index (Phi) is 1.99. The minimum absolute atomic E-state index is 0.931. The second-order valence-electron chi connectivity index (χ2n) is 5.47. The molecule has 2 aliphatic rings. The molecule has 0 N–H and O–H groups in total. The summed E-state index contributed by atoms with van der Waals surface area (Å²) in [7, 11) is 0. The molecule has 0 radical (unpaired) electrons. The van der Waals surface area contributed by atoms with Gasteiger partial charge in [-0.05, 0) is 27.2 Å². The summed E-state index contributed by atoms with van der Waals surface area (Å²) in [5, 5.41) is 0. The van der Waals surface area contributed by atoms with Gasteiger partial charge < -0.3 is 4.48 Å². The van der Waals surface area contributed by atoms with Gasteiger partial charge in [0, 0.05) is 11.8 Å². The molecule has 1 saturated carbocycles. The molecule has 0 bridgehead atoms. The van der Waals surface area contributed by atoms with Gasteiger partial charge >= 0.3 is 0 Å². The van der Waals surface area contributed by atoms with Crippen LogP contribution < -0.4 is 0 Å². The third-order valence-corrected chi connectivity index (χ3v) is 5.14. The van der Waals surface area contributed by atoms with E-state index in [1.54, 1.807) is 0 Å². The minimum Gasteiger partial charge on any atom is -0.307 e. The molecule has 0 spiro atoms. The maximum absolute atomic E-state index is 2.44. The van der Waals surface area contributed by atoms with Crippen LogP contribution in [0.3, 0.4) is 0 Å². The zero-order valence-corrected chi connectivity index (χ0v) is 9.75. The van der Waals surface area contributed by atoms with Crippen molar-refractivity contribution in [2.45, 2.75) is 59.2 Å². The number of nitrogens with zero attached hydrogens (tertiary/aromatic N) is 1. The van der Waals surface area contributed by atoms with E-state index in [2.05, 4.69) is 34.6 Å². The monoisotopic (exact) mass is 182 g/mol. The molecular weight excluding hydrogens is 158 g/mol. The molecule has 2 rings (SSSR count). The molecule has 13 heavy (non-hydrogen) atoms. The Labute approximate surface area is 82.7 Å². The van der Waals surface area contributed by atoms with Crippen LogP contribution in [0.15, 0.2) is 0 Å². The predicted octanol–water partition coefficient (Wildman–Crippen LogP) is 2.66. The summed E-state index contributed by atoms with van der Waals surface area (Å²) >= 11 is 0. The van der Waals surface area contributed by atoms with E-state index in [0.29, 0.717) is 0 Å². The van der Waals surface area contributed by atoms with Crippen molar-refractivity contribution in [3.8, 4) is 0 Å². The van der Waals surface area contributed by atoms with Crippen LogP contribution >= 0.6 is 0 Å². The molecule has 1 heterocycles. The van der Waals surface area contributed by atoms with Crippen molar-refractivity contribution in [3.05, 3.63) is 0 Å². The molecule has 4 atom stereocenters. The molecule has 76 valence electrons. The number of rotatable bonds is 2. The number of hydrogen-bond donors (Lipinski definition) is 0. The van der Waals surface area contributed by atoms with Crippen LogP contribution in [0, 0.1) is 11.8 Å². The van der Waals surface area contributed by atoms with Gasteiger partial charge in [0.25, 0.3) is 0 Å². The third kappa shape index (κ3) is 0.971. The number of hydrogen-bond acceptors (Lipinski definition) is 0. The van der Waals surface area contributed by atoms with Gasteiger partial charge in [-0.15, -0.1) is 0 Å². The molecule has 4 unspecified atom stereocenters. The molecule has 0 aromatic heterocycles. The fourth-order valence-corrected chi connectivity index (χ4v) is 4.30. The lowest BCUT2D eigenvalue weighted by atomic mass is 9.70. The van der Waals surface area contributed by atoms with E-state index < -0.39 is 0 Å². The largest absolute Gasteiger partial charge is 0.307 e. The summed E-state index contributed by atoms with van der Waals surface area (Å²) in [5.41, 5.74) is 0. The summed E-state index contributed by atoms with van der Waals surface area (Å²) in [6, 6.07) is 2.84. The molecule has 1 aliphatic heterocycles. The maximum atomic E-state index is 2.44. The molecule has 0 aromatic rings. The topological polar surface area (TPSA) is 0 Å². The van der Waals surface area contributed by atoms with Gasteiger partial charge in [0.2, 0.25) is 0 Å². The van der Waals surface area contributed by atoms with E-state index in [9.17, 15) is 0 Å². The normalized spacial score (nSPS) is 60.2. The van der Waals surface area contributed by atoms with Crippen LogP contribution in [0.25, 0.3) is 0 Å². The molecule has 1 nitrogen and oxygen atoms in total. The van der Waals surface area contributed by atoms with Crippen molar-refractivity contribution in [1.29, 1.82) is 0 Å². The molecular formula is C12H24N+. The highest BCUT2D eigenvalue weighted by molar-refractivity contribution is 4.94. The SMILES string of the molecule is CC[N+]1(C2C(C)CC2C)C(C)C1C. The lowest BCUT2D eigenvalue weighted by Crippen LogP contribution is -2.55. The van der Waals surface area contributed by atoms with Gasteiger partial charge in [-0.3, -0.25) is 0 Å². The fraction of sp³-hybridized carbons (Fsp3) is 1.00. The first-order chi connectivity index (χ1) is 6.05. The quantitative estimate of drug-likeness (QED) is 0.455. The van der Waals surface area contributed by atoms with Crippen LogP contribution in [0.4, 0.5) is 0 Å². The van der Waals surface area contributed by atoms with Crippen LogP contribution in [0.1, 0.15) is 41.0 Å². The average molecular weight is 182 g/mol. The Morgan fingerprint density at radius 3 is 1.62 bits per heavy atom. The van der Waals surface area contributed by atoms with E-state index >= 15 is 0 Å². The van der Waals surface area contributed by atoms with E-state index in [0.717, 1.165) is 30.0 Å². The van der Waals surface area contributed by atoms with Crippen molar-refractivity contribution < 1.29 is 4.48 Å². The Morgan fingerprint density at radius 2 is 1.46 bits per heavy atom. The maximum Gasteiger partial charge on any atom is 0.139 e. The highest BCUT2D eigenvalue weighted by Gasteiger charge is 2.67. The van der Waals surface area contributed by atoms with Gasteiger partial charge in [-0.25, -0.2) is 0 Å². The highest BCUT2D eigenvalue weighted by atomic mass is 15.6. The summed E-state index contributed by atoms with van der Waals surface area (Å²) in [5.74, 6) is 1.95. The first kappa shape index (κ1) is 9.51. The van der Waals surface area contributed by atoms with E-state index in [4.69, 9.17) is 0 Å². The van der Waals surface area contributed by atoms with Crippen LogP contribution in [0.5, 0.6) is 0 Å². The van der Waals surface area contributed by atoms with Crippen molar-refractivity contribution in [3.63, 3.8) is 0 Å². The second kappa shape index (κ2) is 2.73. The minimum atomic E-state index is 0.931. The molecule has 1 heteroatoms. The first-order valence-corrected chi connectivity index (χ1v) is 5.92. The Bertz CT molecular complexity index is 195. The fourth-order valence-electron chi connectivity index (χ4n) is 4.30. The van der Waals surface area contributed by atoms with E-state index in [1.807, 2.05) is 0 Å². The van der Waals surface area contributed by atoms with Gasteiger partial charge in [-0.1, -0.05) is 13.8 Å². The highest BCUT2D eigenvalue weighted by Crippen LogP contribution is 2.53. The summed E-state index contributed by atoms with van der Waals surface area (Å²) in [6.45, 7) is 13.5. The van der Waals surface area contributed by atoms with Gasteiger partial charge in [0.05, 0.1) is 12.6 Å². The third-order valence-electron chi connectivity index (χ3n) is 5.14. The zero-order chi connectivity index (χ0) is 9.80. The lowest BCUT2D eigenvalue weighted by Gasteiger charge is -2.46. The molecule has 0 amide bonds. The van der Waals surface area contributed by atoms with Crippen molar-refractivity contribution in [2.24, 2.45) is 11.8 Å². The van der Waals surface area contributed by atoms with Crippen molar-refractivity contribution in [1.82, 2.24) is 0 Å². The molecule has 0 aromatic carbocycles.